The topological polar surface area (TPSA) is 58.2 Å². The van der Waals surface area contributed by atoms with Crippen molar-refractivity contribution in [1.29, 1.82) is 0 Å². The van der Waals surface area contributed by atoms with Gasteiger partial charge in [0.2, 0.25) is 10.0 Å². The highest BCUT2D eigenvalue weighted by Crippen LogP contribution is 2.33. The van der Waals surface area contributed by atoms with E-state index in [1.54, 1.807) is 6.92 Å². The molecule has 96 valence electrons. The van der Waals surface area contributed by atoms with Crippen molar-refractivity contribution in [1.82, 2.24) is 10.0 Å². The van der Waals surface area contributed by atoms with Crippen LogP contribution in [0.3, 0.4) is 0 Å². The first-order chi connectivity index (χ1) is 7.44. The number of sulfonamides is 1. The van der Waals surface area contributed by atoms with Crippen molar-refractivity contribution in [3.8, 4) is 0 Å². The number of hydrogen-bond donors (Lipinski definition) is 2. The van der Waals surface area contributed by atoms with Gasteiger partial charge in [0.25, 0.3) is 0 Å². The quantitative estimate of drug-likeness (QED) is 0.705. The largest absolute Gasteiger partial charge is 0.313 e. The molecule has 0 amide bonds. The minimum atomic E-state index is -3.05. The highest BCUT2D eigenvalue weighted by Gasteiger charge is 2.30. The molecule has 0 radical (unpaired) electrons. The molecule has 0 aromatic heterocycles. The molecule has 1 saturated carbocycles. The molecule has 0 bridgehead atoms. The monoisotopic (exact) mass is 248 g/mol. The number of nitrogens with one attached hydrogen (secondary N) is 2. The Labute approximate surface area is 99.2 Å². The van der Waals surface area contributed by atoms with E-state index in [0.717, 1.165) is 11.8 Å². The second kappa shape index (κ2) is 5.98. The Hall–Kier alpha value is -0.130. The van der Waals surface area contributed by atoms with Gasteiger partial charge < -0.3 is 5.32 Å². The molecule has 2 N–H and O–H groups in total. The molecule has 5 heteroatoms. The summed E-state index contributed by atoms with van der Waals surface area (Å²) in [5.41, 5.74) is 0. The van der Waals surface area contributed by atoms with Crippen molar-refractivity contribution >= 4 is 10.0 Å². The van der Waals surface area contributed by atoms with Crippen molar-refractivity contribution in [3.63, 3.8) is 0 Å². The van der Waals surface area contributed by atoms with Crippen LogP contribution in [0.5, 0.6) is 0 Å². The van der Waals surface area contributed by atoms with Crippen LogP contribution in [0, 0.1) is 11.8 Å². The molecular formula is C11H24N2O2S. The third-order valence-corrected chi connectivity index (χ3v) is 4.76. The first-order valence-corrected chi connectivity index (χ1v) is 7.80. The average molecular weight is 248 g/mol. The summed E-state index contributed by atoms with van der Waals surface area (Å²) in [5, 5.41) is 3.30. The van der Waals surface area contributed by atoms with Crippen LogP contribution in [0.4, 0.5) is 0 Å². The maximum absolute atomic E-state index is 11.3. The predicted octanol–water partition coefficient (Wildman–Crippen LogP) is 0.950. The van der Waals surface area contributed by atoms with E-state index in [4.69, 9.17) is 0 Å². The Morgan fingerprint density at radius 3 is 2.44 bits per heavy atom. The maximum Gasteiger partial charge on any atom is 0.212 e. The molecule has 16 heavy (non-hydrogen) atoms. The smallest absolute Gasteiger partial charge is 0.212 e. The molecule has 1 aliphatic rings. The van der Waals surface area contributed by atoms with Crippen LogP contribution in [0.15, 0.2) is 0 Å². The zero-order valence-electron chi connectivity index (χ0n) is 10.5. The summed E-state index contributed by atoms with van der Waals surface area (Å²) in [6.07, 6.45) is 2.39. The zero-order valence-corrected chi connectivity index (χ0v) is 11.3. The van der Waals surface area contributed by atoms with Gasteiger partial charge in [-0.15, -0.1) is 0 Å². The Morgan fingerprint density at radius 1 is 1.31 bits per heavy atom. The maximum atomic E-state index is 11.3. The lowest BCUT2D eigenvalue weighted by molar-refractivity contribution is 0.171. The lowest BCUT2D eigenvalue weighted by Crippen LogP contribution is -2.45. The molecule has 0 unspecified atom stereocenters. The van der Waals surface area contributed by atoms with Crippen LogP contribution in [-0.2, 0) is 10.0 Å². The highest BCUT2D eigenvalue weighted by atomic mass is 32.2. The first kappa shape index (κ1) is 13.9. The van der Waals surface area contributed by atoms with Gasteiger partial charge in [0, 0.05) is 19.1 Å². The van der Waals surface area contributed by atoms with E-state index < -0.39 is 10.0 Å². The Balaban J connectivity index is 2.10. The highest BCUT2D eigenvalue weighted by molar-refractivity contribution is 7.89. The molecule has 0 aromatic carbocycles. The van der Waals surface area contributed by atoms with Crippen LogP contribution >= 0.6 is 0 Å². The van der Waals surface area contributed by atoms with Gasteiger partial charge in [0.15, 0.2) is 0 Å². The lowest BCUT2D eigenvalue weighted by atomic mass is 9.74. The van der Waals surface area contributed by atoms with Crippen LogP contribution in [0.1, 0.15) is 33.6 Å². The molecular weight excluding hydrogens is 224 g/mol. The molecule has 1 rings (SSSR count). The minimum absolute atomic E-state index is 0.184. The third-order valence-electron chi connectivity index (χ3n) is 3.29. The third kappa shape index (κ3) is 4.39. The minimum Gasteiger partial charge on any atom is -0.313 e. The van der Waals surface area contributed by atoms with Gasteiger partial charge in [-0.25, -0.2) is 13.1 Å². The summed E-state index contributed by atoms with van der Waals surface area (Å²) in [6.45, 7) is 7.32. The molecule has 0 aliphatic heterocycles. The first-order valence-electron chi connectivity index (χ1n) is 6.15. The van der Waals surface area contributed by atoms with Gasteiger partial charge in [-0.1, -0.05) is 20.8 Å². The zero-order chi connectivity index (χ0) is 12.2. The Kier molecular flexibility index (Phi) is 5.21. The van der Waals surface area contributed by atoms with Crippen molar-refractivity contribution in [2.24, 2.45) is 11.8 Å². The van der Waals surface area contributed by atoms with Crippen molar-refractivity contribution in [2.75, 3.05) is 18.8 Å². The van der Waals surface area contributed by atoms with E-state index in [9.17, 15) is 8.42 Å². The van der Waals surface area contributed by atoms with Crippen molar-refractivity contribution in [2.45, 2.75) is 39.7 Å². The second-order valence-electron chi connectivity index (χ2n) is 4.94. The van der Waals surface area contributed by atoms with Gasteiger partial charge >= 0.3 is 0 Å². The predicted molar refractivity (Wildman–Crippen MR) is 66.8 cm³/mol. The van der Waals surface area contributed by atoms with Crippen molar-refractivity contribution in [3.05, 3.63) is 0 Å². The Bertz CT molecular complexity index is 295. The fraction of sp³-hybridized carbons (Fsp3) is 1.00. The summed E-state index contributed by atoms with van der Waals surface area (Å²) >= 11 is 0. The SMILES string of the molecule is CCNS(=O)(=O)CCNC1CC(C(C)C)C1. The van der Waals surface area contributed by atoms with Crippen molar-refractivity contribution < 1.29 is 8.42 Å². The molecule has 0 spiro atoms. The normalized spacial score (nSPS) is 25.8. The molecule has 4 nitrogen and oxygen atoms in total. The summed E-state index contributed by atoms with van der Waals surface area (Å²) < 4.78 is 25.2. The second-order valence-corrected chi connectivity index (χ2v) is 6.87. The standard InChI is InChI=1S/C11H24N2O2S/c1-4-13-16(14,15)6-5-12-11-7-10(8-11)9(2)3/h9-13H,4-8H2,1-3H3. The van der Waals surface area contributed by atoms with Gasteiger partial charge in [-0.3, -0.25) is 0 Å². The summed E-state index contributed by atoms with van der Waals surface area (Å²) in [6, 6.07) is 0.532. The van der Waals surface area contributed by atoms with Gasteiger partial charge in [-0.2, -0.15) is 0 Å². The fourth-order valence-corrected chi connectivity index (χ4v) is 3.03. The summed E-state index contributed by atoms with van der Waals surface area (Å²) in [7, 11) is -3.05. The van der Waals surface area contributed by atoms with Gasteiger partial charge in [-0.05, 0) is 24.7 Å². The molecule has 1 aliphatic carbocycles. The van der Waals surface area contributed by atoms with E-state index in [-0.39, 0.29) is 5.75 Å². The Morgan fingerprint density at radius 2 is 1.94 bits per heavy atom. The molecule has 0 aromatic rings. The lowest BCUT2D eigenvalue weighted by Gasteiger charge is -2.38. The van der Waals surface area contributed by atoms with E-state index in [2.05, 4.69) is 23.9 Å². The number of hydrogen-bond acceptors (Lipinski definition) is 3. The van der Waals surface area contributed by atoms with Gasteiger partial charge in [0.1, 0.15) is 0 Å². The molecule has 1 fully saturated rings. The van der Waals surface area contributed by atoms with E-state index in [1.165, 1.54) is 12.8 Å². The molecule has 0 atom stereocenters. The van der Waals surface area contributed by atoms with Crippen LogP contribution < -0.4 is 10.0 Å². The van der Waals surface area contributed by atoms with Crippen LogP contribution in [0.25, 0.3) is 0 Å². The van der Waals surface area contributed by atoms with Gasteiger partial charge in [0.05, 0.1) is 5.75 Å². The average Bonchev–Trinajstić information content (AvgIpc) is 2.07. The summed E-state index contributed by atoms with van der Waals surface area (Å²) in [4.78, 5) is 0. The van der Waals surface area contributed by atoms with E-state index in [1.807, 2.05) is 0 Å². The summed E-state index contributed by atoms with van der Waals surface area (Å²) in [5.74, 6) is 1.76. The molecule has 0 heterocycles. The van der Waals surface area contributed by atoms with Crippen LogP contribution in [-0.4, -0.2) is 33.3 Å². The van der Waals surface area contributed by atoms with E-state index in [0.29, 0.717) is 19.1 Å². The van der Waals surface area contributed by atoms with E-state index >= 15 is 0 Å². The fourth-order valence-electron chi connectivity index (χ4n) is 2.06. The number of rotatable bonds is 7. The molecule has 0 saturated heterocycles. The van der Waals surface area contributed by atoms with Crippen LogP contribution in [0.2, 0.25) is 0 Å².